The Labute approximate surface area is 98.4 Å². The number of aliphatic hydroxyl groups is 1. The minimum atomic E-state index is -0.151. The lowest BCUT2D eigenvalue weighted by atomic mass is 9.53. The van der Waals surface area contributed by atoms with Gasteiger partial charge in [-0.25, -0.2) is 0 Å². The molecule has 2 aliphatic carbocycles. The molecular formula is C14H24O2. The maximum absolute atomic E-state index is 11.5. The van der Waals surface area contributed by atoms with Crippen molar-refractivity contribution in [2.24, 2.45) is 23.2 Å². The SMILES string of the molecule is CC(=O)C1CCC2(C)C(O)CCC(C)C2C1. The van der Waals surface area contributed by atoms with Crippen LogP contribution >= 0.6 is 0 Å². The topological polar surface area (TPSA) is 37.3 Å². The lowest BCUT2D eigenvalue weighted by Crippen LogP contribution is -2.50. The minimum Gasteiger partial charge on any atom is -0.393 e. The highest BCUT2D eigenvalue weighted by Crippen LogP contribution is 2.53. The second kappa shape index (κ2) is 4.14. The second-order valence-electron chi connectivity index (χ2n) is 6.26. The third-order valence-electron chi connectivity index (χ3n) is 5.34. The average molecular weight is 224 g/mol. The van der Waals surface area contributed by atoms with E-state index >= 15 is 0 Å². The van der Waals surface area contributed by atoms with E-state index < -0.39 is 0 Å². The molecule has 0 aromatic heterocycles. The number of rotatable bonds is 1. The van der Waals surface area contributed by atoms with Crippen LogP contribution in [0.1, 0.15) is 52.9 Å². The highest BCUT2D eigenvalue weighted by Gasteiger charge is 2.49. The molecule has 2 rings (SSSR count). The molecule has 0 bridgehead atoms. The molecule has 0 radical (unpaired) electrons. The Kier molecular flexibility index (Phi) is 3.13. The monoisotopic (exact) mass is 224 g/mol. The molecule has 2 aliphatic rings. The van der Waals surface area contributed by atoms with Crippen molar-refractivity contribution >= 4 is 5.78 Å². The lowest BCUT2D eigenvalue weighted by Gasteiger charge is -2.52. The van der Waals surface area contributed by atoms with Crippen LogP contribution in [-0.4, -0.2) is 17.0 Å². The van der Waals surface area contributed by atoms with Gasteiger partial charge in [0, 0.05) is 5.92 Å². The van der Waals surface area contributed by atoms with Gasteiger partial charge in [-0.1, -0.05) is 13.8 Å². The molecular weight excluding hydrogens is 200 g/mol. The van der Waals surface area contributed by atoms with E-state index in [0.29, 0.717) is 17.6 Å². The van der Waals surface area contributed by atoms with E-state index in [-0.39, 0.29) is 17.4 Å². The number of ketones is 1. The van der Waals surface area contributed by atoms with Gasteiger partial charge in [-0.15, -0.1) is 0 Å². The molecule has 2 heteroatoms. The standard InChI is InChI=1S/C14H24O2/c1-9-4-5-13(16)14(3)7-6-11(10(2)15)8-12(9)14/h9,11-13,16H,4-8H2,1-3H3. The molecule has 2 nitrogen and oxygen atoms in total. The van der Waals surface area contributed by atoms with E-state index in [1.807, 2.05) is 0 Å². The maximum Gasteiger partial charge on any atom is 0.132 e. The van der Waals surface area contributed by atoms with Crippen LogP contribution in [0.4, 0.5) is 0 Å². The fraction of sp³-hybridized carbons (Fsp3) is 0.929. The van der Waals surface area contributed by atoms with Gasteiger partial charge in [0.15, 0.2) is 0 Å². The quantitative estimate of drug-likeness (QED) is 0.743. The molecule has 92 valence electrons. The van der Waals surface area contributed by atoms with Gasteiger partial charge >= 0.3 is 0 Å². The van der Waals surface area contributed by atoms with E-state index in [2.05, 4.69) is 13.8 Å². The van der Waals surface area contributed by atoms with Gasteiger partial charge in [-0.05, 0) is 56.3 Å². The van der Waals surface area contributed by atoms with E-state index in [0.717, 1.165) is 32.1 Å². The van der Waals surface area contributed by atoms with Crippen molar-refractivity contribution < 1.29 is 9.90 Å². The van der Waals surface area contributed by atoms with Crippen LogP contribution in [0.2, 0.25) is 0 Å². The number of hydrogen-bond donors (Lipinski definition) is 1. The first kappa shape index (κ1) is 12.1. The minimum absolute atomic E-state index is 0.0730. The van der Waals surface area contributed by atoms with Crippen molar-refractivity contribution in [2.45, 2.75) is 59.0 Å². The normalized spacial score (nSPS) is 48.5. The fourth-order valence-corrected chi connectivity index (χ4v) is 3.98. The second-order valence-corrected chi connectivity index (χ2v) is 6.26. The molecule has 2 saturated carbocycles. The van der Waals surface area contributed by atoms with Crippen LogP contribution < -0.4 is 0 Å². The van der Waals surface area contributed by atoms with Crippen LogP contribution in [0.15, 0.2) is 0 Å². The smallest absolute Gasteiger partial charge is 0.132 e. The van der Waals surface area contributed by atoms with E-state index in [1.165, 1.54) is 0 Å². The Morgan fingerprint density at radius 3 is 2.62 bits per heavy atom. The number of aliphatic hydroxyl groups excluding tert-OH is 1. The van der Waals surface area contributed by atoms with Gasteiger partial charge in [0.25, 0.3) is 0 Å². The zero-order valence-corrected chi connectivity index (χ0v) is 10.7. The lowest BCUT2D eigenvalue weighted by molar-refractivity contribution is -0.131. The summed E-state index contributed by atoms with van der Waals surface area (Å²) >= 11 is 0. The summed E-state index contributed by atoms with van der Waals surface area (Å²) < 4.78 is 0. The largest absolute Gasteiger partial charge is 0.393 e. The summed E-state index contributed by atoms with van der Waals surface area (Å²) in [5.41, 5.74) is 0.0730. The van der Waals surface area contributed by atoms with Gasteiger partial charge in [-0.3, -0.25) is 4.79 Å². The molecule has 16 heavy (non-hydrogen) atoms. The van der Waals surface area contributed by atoms with Crippen molar-refractivity contribution in [1.82, 2.24) is 0 Å². The molecule has 5 unspecified atom stereocenters. The van der Waals surface area contributed by atoms with Gasteiger partial charge in [0.1, 0.15) is 5.78 Å². The third kappa shape index (κ3) is 1.81. The molecule has 0 spiro atoms. The van der Waals surface area contributed by atoms with Crippen LogP contribution in [0, 0.1) is 23.2 Å². The van der Waals surface area contributed by atoms with Crippen molar-refractivity contribution in [1.29, 1.82) is 0 Å². The van der Waals surface area contributed by atoms with E-state index in [4.69, 9.17) is 0 Å². The van der Waals surface area contributed by atoms with Crippen LogP contribution in [-0.2, 0) is 4.79 Å². The molecule has 2 fully saturated rings. The maximum atomic E-state index is 11.5. The van der Waals surface area contributed by atoms with Crippen molar-refractivity contribution in [2.75, 3.05) is 0 Å². The highest BCUT2D eigenvalue weighted by atomic mass is 16.3. The Hall–Kier alpha value is -0.370. The number of Topliss-reactive ketones (excluding diaryl/α,β-unsaturated/α-hetero) is 1. The highest BCUT2D eigenvalue weighted by molar-refractivity contribution is 5.78. The average Bonchev–Trinajstić information content (AvgIpc) is 2.24. The Morgan fingerprint density at radius 2 is 2.00 bits per heavy atom. The van der Waals surface area contributed by atoms with Crippen LogP contribution in [0.3, 0.4) is 0 Å². The third-order valence-corrected chi connectivity index (χ3v) is 5.34. The predicted molar refractivity (Wildman–Crippen MR) is 64.0 cm³/mol. The summed E-state index contributed by atoms with van der Waals surface area (Å²) in [6.45, 7) is 6.24. The molecule has 0 heterocycles. The first-order chi connectivity index (χ1) is 7.45. The Morgan fingerprint density at radius 1 is 1.31 bits per heavy atom. The zero-order chi connectivity index (χ0) is 11.9. The summed E-state index contributed by atoms with van der Waals surface area (Å²) in [7, 11) is 0. The van der Waals surface area contributed by atoms with Crippen molar-refractivity contribution in [3.8, 4) is 0 Å². The molecule has 0 amide bonds. The number of carbonyl (C=O) groups excluding carboxylic acids is 1. The molecule has 0 aliphatic heterocycles. The zero-order valence-electron chi connectivity index (χ0n) is 10.7. The molecule has 0 saturated heterocycles. The first-order valence-corrected chi connectivity index (χ1v) is 6.63. The molecule has 5 atom stereocenters. The van der Waals surface area contributed by atoms with Gasteiger partial charge in [-0.2, -0.15) is 0 Å². The van der Waals surface area contributed by atoms with Crippen molar-refractivity contribution in [3.05, 3.63) is 0 Å². The first-order valence-electron chi connectivity index (χ1n) is 6.63. The molecule has 1 N–H and O–H groups in total. The summed E-state index contributed by atoms with van der Waals surface area (Å²) in [6.07, 6.45) is 4.91. The number of fused-ring (bicyclic) bond motifs is 1. The Bertz CT molecular complexity index is 286. The van der Waals surface area contributed by atoms with E-state index in [9.17, 15) is 9.90 Å². The van der Waals surface area contributed by atoms with Crippen LogP contribution in [0.25, 0.3) is 0 Å². The van der Waals surface area contributed by atoms with Crippen molar-refractivity contribution in [3.63, 3.8) is 0 Å². The van der Waals surface area contributed by atoms with Gasteiger partial charge in [0.2, 0.25) is 0 Å². The Balaban J connectivity index is 2.18. The van der Waals surface area contributed by atoms with Gasteiger partial charge in [0.05, 0.1) is 6.10 Å². The van der Waals surface area contributed by atoms with Crippen LogP contribution in [0.5, 0.6) is 0 Å². The number of hydrogen-bond acceptors (Lipinski definition) is 2. The summed E-state index contributed by atoms with van der Waals surface area (Å²) in [4.78, 5) is 11.5. The predicted octanol–water partition coefficient (Wildman–Crippen LogP) is 2.79. The molecule has 0 aromatic rings. The summed E-state index contributed by atoms with van der Waals surface area (Å²) in [5, 5.41) is 10.2. The number of carbonyl (C=O) groups is 1. The van der Waals surface area contributed by atoms with Gasteiger partial charge < -0.3 is 5.11 Å². The summed E-state index contributed by atoms with van der Waals surface area (Å²) in [5.74, 6) is 1.80. The molecule has 0 aromatic carbocycles. The summed E-state index contributed by atoms with van der Waals surface area (Å²) in [6, 6.07) is 0. The fourth-order valence-electron chi connectivity index (χ4n) is 3.98. The van der Waals surface area contributed by atoms with E-state index in [1.54, 1.807) is 6.92 Å².